The normalized spacial score (nSPS) is 25.3. The Morgan fingerprint density at radius 3 is 3.00 bits per heavy atom. The number of carbonyl (C=O) groups excluding carboxylic acids is 2. The van der Waals surface area contributed by atoms with Gasteiger partial charge in [-0.15, -0.1) is 11.3 Å². The molecule has 0 aliphatic carbocycles. The number of piperidine rings is 1. The molecule has 0 saturated carbocycles. The predicted octanol–water partition coefficient (Wildman–Crippen LogP) is 1.76. The topological polar surface area (TPSA) is 89.3 Å². The number of amides is 2. The Morgan fingerprint density at radius 1 is 1.25 bits per heavy atom. The maximum atomic E-state index is 14.4. The Balaban J connectivity index is 1.59. The van der Waals surface area contributed by atoms with Crippen LogP contribution in [0.5, 0.6) is 0 Å². The second kappa shape index (κ2) is 6.61. The van der Waals surface area contributed by atoms with E-state index in [0.29, 0.717) is 29.8 Å². The lowest BCUT2D eigenvalue weighted by atomic mass is 9.92. The van der Waals surface area contributed by atoms with Gasteiger partial charge in [0.15, 0.2) is 0 Å². The number of rotatable bonds is 3. The molecule has 5 heterocycles. The number of hydrogen-bond donors (Lipinski definition) is 4. The van der Waals surface area contributed by atoms with Crippen molar-refractivity contribution in [1.29, 1.82) is 0 Å². The number of allylic oxidation sites excluding steroid dienone is 1. The molecule has 4 N–H and O–H groups in total. The second-order valence-electron chi connectivity index (χ2n) is 6.94. The van der Waals surface area contributed by atoms with Crippen molar-refractivity contribution in [2.45, 2.75) is 12.6 Å². The van der Waals surface area contributed by atoms with Crippen LogP contribution in [0.2, 0.25) is 0 Å². The summed E-state index contributed by atoms with van der Waals surface area (Å²) < 4.78 is 14.4. The molecule has 3 aliphatic rings. The zero-order valence-electron chi connectivity index (χ0n) is 14.8. The van der Waals surface area contributed by atoms with Gasteiger partial charge in [0.05, 0.1) is 5.57 Å². The molecule has 9 heteroatoms. The highest BCUT2D eigenvalue weighted by Gasteiger charge is 2.37. The number of nitrogens with zero attached hydrogens (tertiary/aromatic N) is 1. The Morgan fingerprint density at radius 2 is 2.14 bits per heavy atom. The largest absolute Gasteiger partial charge is 0.362 e. The van der Waals surface area contributed by atoms with Crippen molar-refractivity contribution in [3.05, 3.63) is 53.2 Å². The van der Waals surface area contributed by atoms with Crippen LogP contribution in [0, 0.1) is 5.92 Å². The molecule has 2 unspecified atom stereocenters. The van der Waals surface area contributed by atoms with E-state index in [1.807, 2.05) is 11.4 Å². The van der Waals surface area contributed by atoms with Gasteiger partial charge in [-0.05, 0) is 24.4 Å². The monoisotopic (exact) mass is 399 g/mol. The number of fused-ring (bicyclic) bond motifs is 1. The summed E-state index contributed by atoms with van der Waals surface area (Å²) in [5.41, 5.74) is 1.95. The smallest absolute Gasteiger partial charge is 0.275 e. The SMILES string of the molecule is O=C1NC(=O)C(N2C=CNC(C3CCNCC3F)=C2)=C1c1c[nH]c2sccc12. The first-order valence-corrected chi connectivity index (χ1v) is 9.94. The minimum Gasteiger partial charge on any atom is -0.362 e. The van der Waals surface area contributed by atoms with E-state index in [4.69, 9.17) is 0 Å². The molecule has 7 nitrogen and oxygen atoms in total. The van der Waals surface area contributed by atoms with Gasteiger partial charge in [0, 0.05) is 53.9 Å². The summed E-state index contributed by atoms with van der Waals surface area (Å²) in [4.78, 5) is 30.9. The van der Waals surface area contributed by atoms with E-state index in [-0.39, 0.29) is 11.6 Å². The van der Waals surface area contributed by atoms with E-state index in [1.165, 1.54) is 11.3 Å². The quantitative estimate of drug-likeness (QED) is 0.591. The third-order valence-corrected chi connectivity index (χ3v) is 6.15. The number of halogens is 1. The van der Waals surface area contributed by atoms with E-state index in [9.17, 15) is 14.0 Å². The second-order valence-corrected chi connectivity index (χ2v) is 7.86. The van der Waals surface area contributed by atoms with Crippen molar-refractivity contribution in [3.8, 4) is 0 Å². The summed E-state index contributed by atoms with van der Waals surface area (Å²) in [6.45, 7) is 1.04. The average Bonchev–Trinajstić information content (AvgIpc) is 3.37. The Bertz CT molecular complexity index is 1070. The van der Waals surface area contributed by atoms with Gasteiger partial charge in [0.25, 0.3) is 11.8 Å². The Hall–Kier alpha value is -2.91. The Kier molecular flexibility index (Phi) is 4.06. The number of nitrogens with one attached hydrogen (secondary N) is 4. The molecule has 144 valence electrons. The van der Waals surface area contributed by atoms with E-state index in [2.05, 4.69) is 20.9 Å². The molecular formula is C19H18FN5O2S. The van der Waals surface area contributed by atoms with Crippen LogP contribution in [-0.4, -0.2) is 41.0 Å². The van der Waals surface area contributed by atoms with Crippen LogP contribution >= 0.6 is 11.3 Å². The molecule has 1 saturated heterocycles. The maximum absolute atomic E-state index is 14.4. The number of carbonyl (C=O) groups is 2. The molecule has 3 aliphatic heterocycles. The van der Waals surface area contributed by atoms with Crippen molar-refractivity contribution in [2.75, 3.05) is 13.1 Å². The highest BCUT2D eigenvalue weighted by atomic mass is 32.1. The van der Waals surface area contributed by atoms with Crippen LogP contribution in [0.25, 0.3) is 15.8 Å². The Labute approximate surface area is 164 Å². The maximum Gasteiger partial charge on any atom is 0.275 e. The minimum atomic E-state index is -1.01. The number of imide groups is 1. The van der Waals surface area contributed by atoms with Crippen LogP contribution in [0.15, 0.2) is 47.6 Å². The number of alkyl halides is 1. The van der Waals surface area contributed by atoms with Crippen LogP contribution in [0.4, 0.5) is 4.39 Å². The summed E-state index contributed by atoms with van der Waals surface area (Å²) in [6.07, 6.45) is 6.45. The minimum absolute atomic E-state index is 0.247. The molecular weight excluding hydrogens is 381 g/mol. The molecule has 2 amide bonds. The van der Waals surface area contributed by atoms with Crippen LogP contribution in [0.3, 0.4) is 0 Å². The average molecular weight is 399 g/mol. The lowest BCUT2D eigenvalue weighted by Crippen LogP contribution is -2.41. The third-order valence-electron chi connectivity index (χ3n) is 5.31. The number of thiophene rings is 1. The van der Waals surface area contributed by atoms with Gasteiger partial charge in [-0.25, -0.2) is 4.39 Å². The summed E-state index contributed by atoms with van der Waals surface area (Å²) in [5.74, 6) is -1.18. The van der Waals surface area contributed by atoms with Crippen molar-refractivity contribution < 1.29 is 14.0 Å². The van der Waals surface area contributed by atoms with Crippen molar-refractivity contribution >= 4 is 38.9 Å². The van der Waals surface area contributed by atoms with Gasteiger partial charge in [-0.3, -0.25) is 14.9 Å². The molecule has 2 aromatic heterocycles. The fourth-order valence-electron chi connectivity index (χ4n) is 3.95. The van der Waals surface area contributed by atoms with Crippen molar-refractivity contribution in [3.63, 3.8) is 0 Å². The number of H-pyrrole nitrogens is 1. The molecule has 0 spiro atoms. The number of aromatic amines is 1. The summed E-state index contributed by atoms with van der Waals surface area (Å²) in [6, 6.07) is 1.92. The first-order valence-electron chi connectivity index (χ1n) is 9.06. The van der Waals surface area contributed by atoms with Gasteiger partial charge in [0.1, 0.15) is 16.7 Å². The number of hydrogen-bond acceptors (Lipinski definition) is 6. The zero-order valence-corrected chi connectivity index (χ0v) is 15.6. The van der Waals surface area contributed by atoms with Crippen molar-refractivity contribution in [1.82, 2.24) is 25.8 Å². The predicted molar refractivity (Wildman–Crippen MR) is 104 cm³/mol. The molecule has 2 atom stereocenters. The lowest BCUT2D eigenvalue weighted by Gasteiger charge is -2.32. The van der Waals surface area contributed by atoms with E-state index in [1.54, 1.807) is 29.7 Å². The van der Waals surface area contributed by atoms with E-state index < -0.39 is 18.0 Å². The van der Waals surface area contributed by atoms with E-state index >= 15 is 0 Å². The lowest BCUT2D eigenvalue weighted by molar-refractivity contribution is -0.124. The van der Waals surface area contributed by atoms with Gasteiger partial charge < -0.3 is 20.5 Å². The van der Waals surface area contributed by atoms with Crippen LogP contribution in [-0.2, 0) is 9.59 Å². The fourth-order valence-corrected chi connectivity index (χ4v) is 4.73. The standard InChI is InChI=1S/C19H18FN5O2S/c20-13-8-21-3-1-11(13)14-9-25(5-4-22-14)16-15(17(26)24-18(16)27)12-7-23-19-10(12)2-6-28-19/h2,4-7,9,11,13,21-23H,1,3,8H2,(H,24,26,27). The number of aromatic nitrogens is 1. The molecule has 2 aromatic rings. The zero-order chi connectivity index (χ0) is 19.3. The first-order chi connectivity index (χ1) is 13.6. The summed E-state index contributed by atoms with van der Waals surface area (Å²) >= 11 is 1.53. The molecule has 0 aromatic carbocycles. The van der Waals surface area contributed by atoms with Gasteiger partial charge in [0.2, 0.25) is 0 Å². The van der Waals surface area contributed by atoms with Crippen molar-refractivity contribution in [2.24, 2.45) is 5.92 Å². The van der Waals surface area contributed by atoms with E-state index in [0.717, 1.165) is 16.8 Å². The fraction of sp³-hybridized carbons (Fsp3) is 0.263. The molecule has 0 bridgehead atoms. The third kappa shape index (κ3) is 2.66. The molecule has 0 radical (unpaired) electrons. The first kappa shape index (κ1) is 17.2. The highest BCUT2D eigenvalue weighted by Crippen LogP contribution is 2.35. The van der Waals surface area contributed by atoms with Gasteiger partial charge in [-0.1, -0.05) is 0 Å². The molecule has 1 fully saturated rings. The molecule has 28 heavy (non-hydrogen) atoms. The van der Waals surface area contributed by atoms with Crippen LogP contribution in [0.1, 0.15) is 12.0 Å². The van der Waals surface area contributed by atoms with Crippen LogP contribution < -0.4 is 16.0 Å². The molecule has 5 rings (SSSR count). The van der Waals surface area contributed by atoms with Gasteiger partial charge >= 0.3 is 0 Å². The summed E-state index contributed by atoms with van der Waals surface area (Å²) in [5, 5.41) is 11.4. The highest BCUT2D eigenvalue weighted by molar-refractivity contribution is 7.16. The van der Waals surface area contributed by atoms with Gasteiger partial charge in [-0.2, -0.15) is 0 Å². The summed E-state index contributed by atoms with van der Waals surface area (Å²) in [7, 11) is 0.